The van der Waals surface area contributed by atoms with Crippen molar-refractivity contribution < 1.29 is 15.3 Å². The molecule has 132 valence electrons. The average molecular weight is 322 g/mol. The number of hydrogen-bond acceptors (Lipinski definition) is 3. The van der Waals surface area contributed by atoms with Crippen molar-refractivity contribution in [2.45, 2.75) is 96.4 Å². The Balaban J connectivity index is 1.81. The van der Waals surface area contributed by atoms with E-state index in [2.05, 4.69) is 20.8 Å². The van der Waals surface area contributed by atoms with Gasteiger partial charge in [0.2, 0.25) is 0 Å². The van der Waals surface area contributed by atoms with E-state index in [1.54, 1.807) is 0 Å². The lowest BCUT2D eigenvalue weighted by atomic mass is 9.39. The number of aliphatic hydroxyl groups excluding tert-OH is 1. The second-order valence-corrected chi connectivity index (χ2v) is 10.6. The van der Waals surface area contributed by atoms with Gasteiger partial charge in [0.15, 0.2) is 0 Å². The normalized spacial score (nSPS) is 60.9. The molecule has 3 nitrogen and oxygen atoms in total. The molecule has 0 aromatic carbocycles. The van der Waals surface area contributed by atoms with Gasteiger partial charge in [-0.1, -0.05) is 20.8 Å². The van der Waals surface area contributed by atoms with Crippen molar-refractivity contribution in [3.8, 4) is 0 Å². The van der Waals surface area contributed by atoms with Crippen molar-refractivity contribution >= 4 is 0 Å². The third-order valence-corrected chi connectivity index (χ3v) is 9.11. The molecule has 2 bridgehead atoms. The first-order chi connectivity index (χ1) is 10.5. The topological polar surface area (TPSA) is 60.7 Å². The summed E-state index contributed by atoms with van der Waals surface area (Å²) in [6.07, 6.45) is 7.11. The summed E-state index contributed by atoms with van der Waals surface area (Å²) in [5, 5.41) is 32.7. The van der Waals surface area contributed by atoms with Gasteiger partial charge in [-0.3, -0.25) is 0 Å². The molecule has 23 heavy (non-hydrogen) atoms. The van der Waals surface area contributed by atoms with Gasteiger partial charge in [-0.2, -0.15) is 0 Å². The maximum atomic E-state index is 11.3. The summed E-state index contributed by atoms with van der Waals surface area (Å²) in [4.78, 5) is 0. The van der Waals surface area contributed by atoms with Crippen LogP contribution in [0.5, 0.6) is 0 Å². The fraction of sp³-hybridized carbons (Fsp3) is 1.00. The zero-order valence-corrected chi connectivity index (χ0v) is 15.2. The van der Waals surface area contributed by atoms with Gasteiger partial charge in [0.05, 0.1) is 17.3 Å². The Morgan fingerprint density at radius 3 is 2.26 bits per heavy atom. The average Bonchev–Trinajstić information content (AvgIpc) is 2.66. The molecule has 0 radical (unpaired) electrons. The van der Waals surface area contributed by atoms with Gasteiger partial charge in [0.1, 0.15) is 0 Å². The van der Waals surface area contributed by atoms with E-state index in [-0.39, 0.29) is 22.3 Å². The summed E-state index contributed by atoms with van der Waals surface area (Å²) < 4.78 is 0. The van der Waals surface area contributed by atoms with E-state index >= 15 is 0 Å². The molecule has 0 aromatic heterocycles. The predicted octanol–water partition coefficient (Wildman–Crippen LogP) is 3.26. The van der Waals surface area contributed by atoms with Crippen LogP contribution in [0.2, 0.25) is 0 Å². The SMILES string of the molecule is CC1(C)C[C@H](O)C[C@@]2(C)C1CC[C@H]1C[C@@]3(O)C[C@]12CC[C@]3(C)O. The van der Waals surface area contributed by atoms with Gasteiger partial charge in [-0.05, 0) is 86.4 Å². The molecule has 1 unspecified atom stereocenters. The maximum Gasteiger partial charge on any atom is 0.0939 e. The van der Waals surface area contributed by atoms with E-state index in [1.165, 1.54) is 12.8 Å². The predicted molar refractivity (Wildman–Crippen MR) is 89.8 cm³/mol. The highest BCUT2D eigenvalue weighted by molar-refractivity contribution is 5.23. The highest BCUT2D eigenvalue weighted by Gasteiger charge is 2.73. The summed E-state index contributed by atoms with van der Waals surface area (Å²) >= 11 is 0. The van der Waals surface area contributed by atoms with Crippen molar-refractivity contribution in [3.63, 3.8) is 0 Å². The van der Waals surface area contributed by atoms with E-state index in [0.29, 0.717) is 18.3 Å². The highest BCUT2D eigenvalue weighted by atomic mass is 16.4. The van der Waals surface area contributed by atoms with E-state index in [1.807, 2.05) is 6.92 Å². The minimum absolute atomic E-state index is 0.0814. The largest absolute Gasteiger partial charge is 0.393 e. The molecule has 1 spiro atoms. The van der Waals surface area contributed by atoms with Crippen molar-refractivity contribution in [3.05, 3.63) is 0 Å². The first kappa shape index (κ1) is 16.4. The first-order valence-electron chi connectivity index (χ1n) is 9.59. The Kier molecular flexibility index (Phi) is 3.09. The zero-order valence-electron chi connectivity index (χ0n) is 15.2. The van der Waals surface area contributed by atoms with Gasteiger partial charge >= 0.3 is 0 Å². The number of aliphatic hydroxyl groups is 3. The van der Waals surface area contributed by atoms with Gasteiger partial charge in [-0.15, -0.1) is 0 Å². The molecule has 4 aliphatic carbocycles. The number of hydrogen-bond donors (Lipinski definition) is 3. The molecule has 4 aliphatic rings. The highest BCUT2D eigenvalue weighted by Crippen LogP contribution is 2.75. The molecule has 0 aliphatic heterocycles. The van der Waals surface area contributed by atoms with Crippen LogP contribution in [0.4, 0.5) is 0 Å². The van der Waals surface area contributed by atoms with Crippen LogP contribution in [0, 0.1) is 28.1 Å². The van der Waals surface area contributed by atoms with Crippen molar-refractivity contribution in [2.75, 3.05) is 0 Å². The van der Waals surface area contributed by atoms with E-state index in [0.717, 1.165) is 32.1 Å². The van der Waals surface area contributed by atoms with Gasteiger partial charge in [-0.25, -0.2) is 0 Å². The summed E-state index contributed by atoms with van der Waals surface area (Å²) in [6.45, 7) is 8.89. The molecule has 0 aromatic rings. The number of fused-ring (bicyclic) bond motifs is 2. The molecule has 3 N–H and O–H groups in total. The van der Waals surface area contributed by atoms with Gasteiger partial charge in [0.25, 0.3) is 0 Å². The van der Waals surface area contributed by atoms with E-state index in [9.17, 15) is 15.3 Å². The monoisotopic (exact) mass is 322 g/mol. The fourth-order valence-electron chi connectivity index (χ4n) is 8.02. The van der Waals surface area contributed by atoms with E-state index < -0.39 is 11.2 Å². The third kappa shape index (κ3) is 1.82. The van der Waals surface area contributed by atoms with Crippen LogP contribution in [0.3, 0.4) is 0 Å². The number of rotatable bonds is 0. The molecule has 4 rings (SSSR count). The smallest absolute Gasteiger partial charge is 0.0939 e. The Hall–Kier alpha value is -0.120. The minimum Gasteiger partial charge on any atom is -0.393 e. The molecule has 7 atom stereocenters. The van der Waals surface area contributed by atoms with Crippen molar-refractivity contribution in [2.24, 2.45) is 28.1 Å². The van der Waals surface area contributed by atoms with Gasteiger partial charge in [0, 0.05) is 0 Å². The van der Waals surface area contributed by atoms with Crippen LogP contribution < -0.4 is 0 Å². The van der Waals surface area contributed by atoms with Crippen LogP contribution in [0.15, 0.2) is 0 Å². The summed E-state index contributed by atoms with van der Waals surface area (Å²) in [7, 11) is 0. The fourth-order valence-corrected chi connectivity index (χ4v) is 8.02. The molecule has 0 saturated heterocycles. The maximum absolute atomic E-state index is 11.3. The quantitative estimate of drug-likeness (QED) is 0.641. The molecule has 3 heteroatoms. The van der Waals surface area contributed by atoms with Crippen LogP contribution in [-0.2, 0) is 0 Å². The molecule has 4 saturated carbocycles. The minimum atomic E-state index is -0.954. The Morgan fingerprint density at radius 1 is 0.870 bits per heavy atom. The van der Waals surface area contributed by atoms with Crippen molar-refractivity contribution in [1.29, 1.82) is 0 Å². The summed E-state index contributed by atoms with van der Waals surface area (Å²) in [6, 6.07) is 0. The second kappa shape index (κ2) is 4.34. The van der Waals surface area contributed by atoms with Gasteiger partial charge < -0.3 is 15.3 Å². The van der Waals surface area contributed by atoms with Crippen LogP contribution in [0.1, 0.15) is 79.1 Å². The Bertz CT molecular complexity index is 527. The van der Waals surface area contributed by atoms with Crippen LogP contribution >= 0.6 is 0 Å². The lowest BCUT2D eigenvalue weighted by Crippen LogP contribution is -2.62. The Labute approximate surface area is 140 Å². The first-order valence-corrected chi connectivity index (χ1v) is 9.59. The van der Waals surface area contributed by atoms with Crippen molar-refractivity contribution in [1.82, 2.24) is 0 Å². The lowest BCUT2D eigenvalue weighted by molar-refractivity contribution is -0.217. The molecular formula is C20H34O3. The molecular weight excluding hydrogens is 288 g/mol. The molecule has 0 amide bonds. The molecule has 4 fully saturated rings. The summed E-state index contributed by atoms with van der Waals surface area (Å²) in [5.74, 6) is 1.11. The van der Waals surface area contributed by atoms with Crippen LogP contribution in [0.25, 0.3) is 0 Å². The summed E-state index contributed by atoms with van der Waals surface area (Å²) in [5.41, 5.74) is -1.54. The third-order valence-electron chi connectivity index (χ3n) is 9.11. The Morgan fingerprint density at radius 2 is 1.57 bits per heavy atom. The van der Waals surface area contributed by atoms with Crippen LogP contribution in [-0.4, -0.2) is 32.6 Å². The molecule has 0 heterocycles. The standard InChI is InChI=1S/C20H34O3/c1-16(2)10-14(21)11-17(3)15(16)6-5-13-9-20(23)12-19(13,17)8-7-18(20,4)22/h13-15,21-23H,5-12H2,1-4H3/t13-,14-,15?,17-,18-,19+,20+/m0/s1. The lowest BCUT2D eigenvalue weighted by Gasteiger charge is -2.66. The van der Waals surface area contributed by atoms with E-state index in [4.69, 9.17) is 0 Å². The zero-order chi connectivity index (χ0) is 16.9. The second-order valence-electron chi connectivity index (χ2n) is 10.6.